The Morgan fingerprint density at radius 3 is 2.00 bits per heavy atom. The number of halogens is 6. The number of alkyl halides is 6. The third kappa shape index (κ3) is 3.14. The first-order chi connectivity index (χ1) is 9.48. The van der Waals surface area contributed by atoms with Crippen molar-refractivity contribution in [1.29, 1.82) is 0 Å². The van der Waals surface area contributed by atoms with Gasteiger partial charge in [-0.3, -0.25) is 0 Å². The lowest BCUT2D eigenvalue weighted by Gasteiger charge is -2.11. The first-order valence-electron chi connectivity index (χ1n) is 5.55. The van der Waals surface area contributed by atoms with Gasteiger partial charge in [-0.1, -0.05) is 0 Å². The molecule has 0 saturated heterocycles. The summed E-state index contributed by atoms with van der Waals surface area (Å²) >= 11 is 0. The topological polar surface area (TPSA) is 43.6 Å². The highest BCUT2D eigenvalue weighted by Crippen LogP contribution is 2.32. The van der Waals surface area contributed by atoms with Crippen molar-refractivity contribution >= 4 is 0 Å². The van der Waals surface area contributed by atoms with E-state index in [0.717, 1.165) is 0 Å². The summed E-state index contributed by atoms with van der Waals surface area (Å²) in [4.78, 5) is 6.72. The Morgan fingerprint density at radius 1 is 0.857 bits per heavy atom. The molecular formula is C11H8F6N4. The van der Waals surface area contributed by atoms with Gasteiger partial charge in [0.15, 0.2) is 5.69 Å². The van der Waals surface area contributed by atoms with Crippen molar-refractivity contribution in [1.82, 2.24) is 19.7 Å². The van der Waals surface area contributed by atoms with Crippen LogP contribution in [0.2, 0.25) is 0 Å². The smallest absolute Gasteiger partial charge is 0.216 e. The van der Waals surface area contributed by atoms with Crippen molar-refractivity contribution in [3.05, 3.63) is 34.9 Å². The molecule has 10 heteroatoms. The summed E-state index contributed by atoms with van der Waals surface area (Å²) < 4.78 is 76.8. The van der Waals surface area contributed by atoms with Gasteiger partial charge in [0.05, 0.1) is 5.69 Å². The number of hydrogen-bond acceptors (Lipinski definition) is 3. The van der Waals surface area contributed by atoms with Crippen LogP contribution in [0.5, 0.6) is 0 Å². The van der Waals surface area contributed by atoms with Crippen molar-refractivity contribution in [2.24, 2.45) is 0 Å². The van der Waals surface area contributed by atoms with Gasteiger partial charge >= 0.3 is 12.4 Å². The van der Waals surface area contributed by atoms with Crippen LogP contribution >= 0.6 is 0 Å². The minimum Gasteiger partial charge on any atom is -0.216 e. The second kappa shape index (κ2) is 4.71. The zero-order chi connectivity index (χ0) is 16.0. The fraction of sp³-hybridized carbons (Fsp3) is 0.364. The molecule has 2 aromatic rings. The summed E-state index contributed by atoms with van der Waals surface area (Å²) in [6, 6.07) is 1.35. The Morgan fingerprint density at radius 2 is 1.48 bits per heavy atom. The van der Waals surface area contributed by atoms with E-state index >= 15 is 0 Å². The molecule has 0 N–H and O–H groups in total. The van der Waals surface area contributed by atoms with Gasteiger partial charge in [0.2, 0.25) is 0 Å². The molecule has 0 aromatic carbocycles. The number of rotatable bonds is 1. The molecule has 0 radical (unpaired) electrons. The largest absolute Gasteiger partial charge is 0.433 e. The fourth-order valence-electron chi connectivity index (χ4n) is 1.65. The maximum Gasteiger partial charge on any atom is 0.433 e. The van der Waals surface area contributed by atoms with Gasteiger partial charge in [0.25, 0.3) is 5.95 Å². The lowest BCUT2D eigenvalue weighted by Crippen LogP contribution is -2.18. The highest BCUT2D eigenvalue weighted by molar-refractivity contribution is 5.25. The van der Waals surface area contributed by atoms with Crippen molar-refractivity contribution < 1.29 is 26.3 Å². The van der Waals surface area contributed by atoms with Crippen molar-refractivity contribution in [3.8, 4) is 5.95 Å². The van der Waals surface area contributed by atoms with Crippen LogP contribution in [0.15, 0.2) is 12.1 Å². The Labute approximate surface area is 114 Å². The summed E-state index contributed by atoms with van der Waals surface area (Å²) in [5, 5.41) is 3.52. The van der Waals surface area contributed by atoms with Crippen molar-refractivity contribution in [3.63, 3.8) is 0 Å². The molecule has 2 rings (SSSR count). The van der Waals surface area contributed by atoms with Crippen LogP contribution in [-0.4, -0.2) is 19.7 Å². The molecule has 0 fully saturated rings. The molecule has 0 spiro atoms. The summed E-state index contributed by atoms with van der Waals surface area (Å²) in [5.41, 5.74) is -2.69. The van der Waals surface area contributed by atoms with E-state index in [-0.39, 0.29) is 16.1 Å². The Hall–Kier alpha value is -2.13. The standard InChI is InChI=1S/C11H8F6N4/c1-5-3-7(10(12,13)14)19-9(18-5)21-8(11(15,16)17)4-6(2)20-21/h3-4H,1-2H3. The number of aromatic nitrogens is 4. The fourth-order valence-corrected chi connectivity index (χ4v) is 1.65. The van der Waals surface area contributed by atoms with Gasteiger partial charge in [-0.25, -0.2) is 9.97 Å². The molecule has 114 valence electrons. The number of aryl methyl sites for hydroxylation is 2. The Bertz CT molecular complexity index is 670. The quantitative estimate of drug-likeness (QED) is 0.759. The minimum atomic E-state index is -4.79. The van der Waals surface area contributed by atoms with Gasteiger partial charge in [0.1, 0.15) is 5.69 Å². The lowest BCUT2D eigenvalue weighted by atomic mass is 10.3. The molecule has 2 heterocycles. The molecule has 0 aliphatic carbocycles. The normalized spacial score (nSPS) is 12.8. The summed E-state index contributed by atoms with van der Waals surface area (Å²) in [6.07, 6.45) is -9.57. The highest BCUT2D eigenvalue weighted by atomic mass is 19.4. The first-order valence-corrected chi connectivity index (χ1v) is 5.55. The van der Waals surface area contributed by atoms with E-state index in [4.69, 9.17) is 0 Å². The molecule has 0 aliphatic rings. The van der Waals surface area contributed by atoms with E-state index in [1.807, 2.05) is 0 Å². The minimum absolute atomic E-state index is 0.0130. The van der Waals surface area contributed by atoms with Crippen LogP contribution in [0.25, 0.3) is 5.95 Å². The molecule has 0 bridgehead atoms. The zero-order valence-electron chi connectivity index (χ0n) is 10.7. The van der Waals surface area contributed by atoms with Crippen LogP contribution in [0.4, 0.5) is 26.3 Å². The van der Waals surface area contributed by atoms with Crippen LogP contribution in [0.3, 0.4) is 0 Å². The summed E-state index contributed by atoms with van der Waals surface area (Å²) in [6.45, 7) is 2.51. The first kappa shape index (κ1) is 15.3. The number of hydrogen-bond donors (Lipinski definition) is 0. The van der Waals surface area contributed by atoms with E-state index in [1.54, 1.807) is 0 Å². The average Bonchev–Trinajstić information content (AvgIpc) is 2.69. The third-order valence-corrected chi connectivity index (χ3v) is 2.44. The van der Waals surface area contributed by atoms with Crippen LogP contribution < -0.4 is 0 Å². The molecule has 0 unspecified atom stereocenters. The third-order valence-electron chi connectivity index (χ3n) is 2.44. The molecule has 2 aromatic heterocycles. The van der Waals surface area contributed by atoms with E-state index in [2.05, 4.69) is 15.1 Å². The predicted molar refractivity (Wildman–Crippen MR) is 58.6 cm³/mol. The van der Waals surface area contributed by atoms with Crippen LogP contribution in [0.1, 0.15) is 22.8 Å². The van der Waals surface area contributed by atoms with E-state index < -0.39 is 29.7 Å². The lowest BCUT2D eigenvalue weighted by molar-refractivity contribution is -0.143. The molecule has 0 atom stereocenters. The summed E-state index contributed by atoms with van der Waals surface area (Å²) in [7, 11) is 0. The van der Waals surface area contributed by atoms with E-state index in [1.165, 1.54) is 13.8 Å². The van der Waals surface area contributed by atoms with Gasteiger partial charge in [0, 0.05) is 5.69 Å². The van der Waals surface area contributed by atoms with E-state index in [0.29, 0.717) is 12.1 Å². The van der Waals surface area contributed by atoms with Gasteiger partial charge in [-0.05, 0) is 26.0 Å². The molecule has 0 saturated carbocycles. The molecule has 0 amide bonds. The van der Waals surface area contributed by atoms with E-state index in [9.17, 15) is 26.3 Å². The molecule has 4 nitrogen and oxygen atoms in total. The van der Waals surface area contributed by atoms with Gasteiger partial charge in [-0.15, -0.1) is 0 Å². The van der Waals surface area contributed by atoms with Gasteiger partial charge in [-0.2, -0.15) is 36.1 Å². The maximum atomic E-state index is 12.8. The Balaban J connectivity index is 2.66. The molecule has 0 aliphatic heterocycles. The average molecular weight is 310 g/mol. The molecule has 21 heavy (non-hydrogen) atoms. The van der Waals surface area contributed by atoms with Crippen LogP contribution in [0, 0.1) is 13.8 Å². The SMILES string of the molecule is Cc1cc(C(F)(F)F)nc(-n2nc(C)cc2C(F)(F)F)n1. The summed E-state index contributed by atoms with van der Waals surface area (Å²) in [5.74, 6) is -0.775. The maximum absolute atomic E-state index is 12.8. The van der Waals surface area contributed by atoms with Gasteiger partial charge < -0.3 is 0 Å². The zero-order valence-corrected chi connectivity index (χ0v) is 10.7. The molecular weight excluding hydrogens is 302 g/mol. The monoisotopic (exact) mass is 310 g/mol. The second-order valence-electron chi connectivity index (χ2n) is 4.27. The number of nitrogens with zero attached hydrogens (tertiary/aromatic N) is 4. The van der Waals surface area contributed by atoms with Crippen LogP contribution in [-0.2, 0) is 12.4 Å². The Kier molecular flexibility index (Phi) is 3.42. The van der Waals surface area contributed by atoms with Crippen molar-refractivity contribution in [2.75, 3.05) is 0 Å². The van der Waals surface area contributed by atoms with Crippen molar-refractivity contribution in [2.45, 2.75) is 26.2 Å². The predicted octanol–water partition coefficient (Wildman–Crippen LogP) is 3.32. The highest BCUT2D eigenvalue weighted by Gasteiger charge is 2.38. The second-order valence-corrected chi connectivity index (χ2v) is 4.27.